The van der Waals surface area contributed by atoms with Crippen LogP contribution < -0.4 is 0 Å². The molecule has 0 bridgehead atoms. The summed E-state index contributed by atoms with van der Waals surface area (Å²) in [7, 11) is 4.74. The second kappa shape index (κ2) is 6.02. The van der Waals surface area contributed by atoms with Gasteiger partial charge in [-0.05, 0) is 12.1 Å². The van der Waals surface area contributed by atoms with E-state index in [1.807, 2.05) is 0 Å². The first kappa shape index (κ1) is 14.7. The highest BCUT2D eigenvalue weighted by Crippen LogP contribution is 2.18. The van der Waals surface area contributed by atoms with Gasteiger partial charge in [0.25, 0.3) is 5.91 Å². The summed E-state index contributed by atoms with van der Waals surface area (Å²) in [4.78, 5) is 30.0. The monoisotopic (exact) mass is 289 g/mol. The van der Waals surface area contributed by atoms with Gasteiger partial charge in [0.15, 0.2) is 0 Å². The first-order valence-electron chi connectivity index (χ1n) is 5.10. The number of carbonyl (C=O) groups is 2. The normalized spacial score (nSPS) is 10.1. The molecule has 1 aromatic rings. The Morgan fingerprint density at radius 3 is 2.39 bits per heavy atom. The smallest absolute Gasteiger partial charge is 0.274 e. The van der Waals surface area contributed by atoms with Crippen molar-refractivity contribution >= 4 is 35.0 Å². The zero-order chi connectivity index (χ0) is 13.9. The fraction of sp³-hybridized carbons (Fsp3) is 0.364. The van der Waals surface area contributed by atoms with Crippen LogP contribution in [0.5, 0.6) is 0 Å². The highest BCUT2D eigenvalue weighted by Gasteiger charge is 2.20. The van der Waals surface area contributed by atoms with Crippen molar-refractivity contribution in [3.05, 3.63) is 28.0 Å². The van der Waals surface area contributed by atoms with Gasteiger partial charge < -0.3 is 9.80 Å². The molecule has 1 aromatic heterocycles. The van der Waals surface area contributed by atoms with Crippen molar-refractivity contribution in [1.29, 1.82) is 0 Å². The van der Waals surface area contributed by atoms with E-state index in [2.05, 4.69) is 4.98 Å². The summed E-state index contributed by atoms with van der Waals surface area (Å²) >= 11 is 11.6. The molecule has 0 radical (unpaired) electrons. The number of rotatable bonds is 3. The van der Waals surface area contributed by atoms with Crippen LogP contribution in [-0.2, 0) is 4.79 Å². The Bertz CT molecular complexity index is 477. The van der Waals surface area contributed by atoms with Crippen LogP contribution in [0.1, 0.15) is 10.5 Å². The van der Waals surface area contributed by atoms with Gasteiger partial charge in [-0.3, -0.25) is 9.59 Å². The van der Waals surface area contributed by atoms with Gasteiger partial charge in [0.2, 0.25) is 5.91 Å². The summed E-state index contributed by atoms with van der Waals surface area (Å²) in [6.45, 7) is -0.0453. The number of likely N-dealkylation sites (N-methyl/N-ethyl adjacent to an activating group) is 2. The molecular weight excluding hydrogens is 277 g/mol. The third kappa shape index (κ3) is 3.58. The highest BCUT2D eigenvalue weighted by atomic mass is 35.5. The van der Waals surface area contributed by atoms with E-state index in [1.165, 1.54) is 29.0 Å². The lowest BCUT2D eigenvalue weighted by atomic mass is 10.3. The fourth-order valence-electron chi connectivity index (χ4n) is 1.17. The maximum absolute atomic E-state index is 12.0. The second-order valence-electron chi connectivity index (χ2n) is 3.91. The van der Waals surface area contributed by atoms with Crippen molar-refractivity contribution in [2.75, 3.05) is 27.7 Å². The lowest BCUT2D eigenvalue weighted by Gasteiger charge is -2.19. The minimum absolute atomic E-state index is 0.0400. The zero-order valence-corrected chi connectivity index (χ0v) is 11.8. The Hall–Kier alpha value is -1.33. The minimum atomic E-state index is -0.447. The lowest BCUT2D eigenvalue weighted by Crippen LogP contribution is -2.38. The number of hydrogen-bond acceptors (Lipinski definition) is 3. The number of carbonyl (C=O) groups excluding carboxylic acids is 2. The third-order valence-electron chi connectivity index (χ3n) is 2.23. The van der Waals surface area contributed by atoms with Gasteiger partial charge in [-0.25, -0.2) is 4.98 Å². The van der Waals surface area contributed by atoms with Crippen LogP contribution in [-0.4, -0.2) is 54.3 Å². The molecule has 2 amide bonds. The van der Waals surface area contributed by atoms with Crippen LogP contribution in [0.15, 0.2) is 12.1 Å². The van der Waals surface area contributed by atoms with Crippen molar-refractivity contribution in [2.24, 2.45) is 0 Å². The van der Waals surface area contributed by atoms with E-state index in [0.717, 1.165) is 0 Å². The summed E-state index contributed by atoms with van der Waals surface area (Å²) in [6, 6.07) is 2.98. The van der Waals surface area contributed by atoms with Gasteiger partial charge in [0.1, 0.15) is 10.8 Å². The average Bonchev–Trinajstić information content (AvgIpc) is 2.31. The molecule has 7 heteroatoms. The number of halogens is 2. The SMILES string of the molecule is CN(C)C(=O)CN(C)C(=O)c1nc(Cl)ccc1Cl. The molecule has 0 aliphatic carbocycles. The summed E-state index contributed by atoms with van der Waals surface area (Å²) in [5, 5.41) is 0.378. The topological polar surface area (TPSA) is 53.5 Å². The second-order valence-corrected chi connectivity index (χ2v) is 4.71. The predicted molar refractivity (Wildman–Crippen MR) is 69.9 cm³/mol. The summed E-state index contributed by atoms with van der Waals surface area (Å²) in [6.07, 6.45) is 0. The van der Waals surface area contributed by atoms with Crippen molar-refractivity contribution in [3.63, 3.8) is 0 Å². The Labute approximate surface area is 115 Å². The first-order chi connectivity index (χ1) is 8.32. The predicted octanol–water partition coefficient (Wildman–Crippen LogP) is 1.55. The van der Waals surface area contributed by atoms with Gasteiger partial charge in [-0.2, -0.15) is 0 Å². The third-order valence-corrected chi connectivity index (χ3v) is 2.75. The molecule has 0 aliphatic heterocycles. The molecule has 0 saturated carbocycles. The van der Waals surface area contributed by atoms with Crippen molar-refractivity contribution in [3.8, 4) is 0 Å². The molecule has 1 heterocycles. The Balaban J connectivity index is 2.87. The molecule has 0 fully saturated rings. The minimum Gasteiger partial charge on any atom is -0.347 e. The number of aromatic nitrogens is 1. The molecule has 0 atom stereocenters. The standard InChI is InChI=1S/C11H13Cl2N3O2/c1-15(2)9(17)6-16(3)11(18)10-7(12)4-5-8(13)14-10/h4-5H,6H2,1-3H3. The van der Waals surface area contributed by atoms with Crippen LogP contribution in [0.3, 0.4) is 0 Å². The molecule has 0 N–H and O–H groups in total. The molecule has 0 unspecified atom stereocenters. The average molecular weight is 290 g/mol. The molecule has 18 heavy (non-hydrogen) atoms. The molecule has 5 nitrogen and oxygen atoms in total. The molecule has 0 aliphatic rings. The number of hydrogen-bond donors (Lipinski definition) is 0. The van der Waals surface area contributed by atoms with E-state index in [-0.39, 0.29) is 28.3 Å². The highest BCUT2D eigenvalue weighted by molar-refractivity contribution is 6.34. The van der Waals surface area contributed by atoms with Gasteiger partial charge >= 0.3 is 0 Å². The van der Waals surface area contributed by atoms with E-state index in [0.29, 0.717) is 0 Å². The van der Waals surface area contributed by atoms with Crippen LogP contribution >= 0.6 is 23.2 Å². The molecule has 0 aromatic carbocycles. The molecular formula is C11H13Cl2N3O2. The van der Waals surface area contributed by atoms with Gasteiger partial charge in [-0.1, -0.05) is 23.2 Å². The van der Waals surface area contributed by atoms with E-state index >= 15 is 0 Å². The molecule has 0 spiro atoms. The van der Waals surface area contributed by atoms with E-state index < -0.39 is 5.91 Å². The fourth-order valence-corrected chi connectivity index (χ4v) is 1.50. The Kier molecular flexibility index (Phi) is 4.93. The quantitative estimate of drug-likeness (QED) is 0.794. The summed E-state index contributed by atoms with van der Waals surface area (Å²) in [5.74, 6) is -0.637. The van der Waals surface area contributed by atoms with Crippen LogP contribution in [0.2, 0.25) is 10.2 Å². The summed E-state index contributed by atoms with van der Waals surface area (Å²) < 4.78 is 0. The zero-order valence-electron chi connectivity index (χ0n) is 10.3. The van der Waals surface area contributed by atoms with Gasteiger partial charge in [0, 0.05) is 21.1 Å². The van der Waals surface area contributed by atoms with Crippen molar-refractivity contribution < 1.29 is 9.59 Å². The number of pyridine rings is 1. The van der Waals surface area contributed by atoms with Crippen LogP contribution in [0, 0.1) is 0 Å². The van der Waals surface area contributed by atoms with Gasteiger partial charge in [0.05, 0.1) is 11.6 Å². The van der Waals surface area contributed by atoms with Crippen LogP contribution in [0.25, 0.3) is 0 Å². The Morgan fingerprint density at radius 2 is 1.83 bits per heavy atom. The summed E-state index contributed by atoms with van der Waals surface area (Å²) in [5.41, 5.74) is 0.0400. The molecule has 1 rings (SSSR count). The van der Waals surface area contributed by atoms with E-state index in [4.69, 9.17) is 23.2 Å². The largest absolute Gasteiger partial charge is 0.347 e. The first-order valence-corrected chi connectivity index (χ1v) is 5.86. The van der Waals surface area contributed by atoms with Crippen molar-refractivity contribution in [1.82, 2.24) is 14.8 Å². The molecule has 0 saturated heterocycles. The lowest BCUT2D eigenvalue weighted by molar-refractivity contribution is -0.129. The van der Waals surface area contributed by atoms with Crippen molar-refractivity contribution in [2.45, 2.75) is 0 Å². The van der Waals surface area contributed by atoms with E-state index in [9.17, 15) is 9.59 Å². The number of amides is 2. The maximum Gasteiger partial charge on any atom is 0.274 e. The van der Waals surface area contributed by atoms with Gasteiger partial charge in [-0.15, -0.1) is 0 Å². The maximum atomic E-state index is 12.0. The van der Waals surface area contributed by atoms with E-state index in [1.54, 1.807) is 14.1 Å². The van der Waals surface area contributed by atoms with Crippen LogP contribution in [0.4, 0.5) is 0 Å². The Morgan fingerprint density at radius 1 is 1.22 bits per heavy atom. The number of nitrogens with zero attached hydrogens (tertiary/aromatic N) is 3. The molecule has 98 valence electrons.